The van der Waals surface area contributed by atoms with Crippen LogP contribution in [0.3, 0.4) is 0 Å². The van der Waals surface area contributed by atoms with Crippen LogP contribution in [0.1, 0.15) is 18.8 Å². The molecule has 0 saturated heterocycles. The van der Waals surface area contributed by atoms with Crippen LogP contribution >= 0.6 is 27.7 Å². The number of hydrogen-bond donors (Lipinski definition) is 0. The molecule has 0 spiro atoms. The summed E-state index contributed by atoms with van der Waals surface area (Å²) in [5.41, 5.74) is 0.838. The van der Waals surface area contributed by atoms with E-state index in [1.807, 2.05) is 42.9 Å². The van der Waals surface area contributed by atoms with Crippen molar-refractivity contribution >= 4 is 27.7 Å². The first-order chi connectivity index (χ1) is 13.5. The molecule has 0 aliphatic rings. The van der Waals surface area contributed by atoms with Crippen molar-refractivity contribution in [2.24, 2.45) is 0 Å². The highest BCUT2D eigenvalue weighted by Gasteiger charge is 2.20. The van der Waals surface area contributed by atoms with Crippen LogP contribution in [0, 0.1) is 5.82 Å². The Bertz CT molecular complexity index is 917. The highest BCUT2D eigenvalue weighted by Crippen LogP contribution is 2.27. The fourth-order valence-corrected chi connectivity index (χ4v) is 3.71. The van der Waals surface area contributed by atoms with Gasteiger partial charge in [0.2, 0.25) is 0 Å². The Morgan fingerprint density at radius 1 is 1.18 bits per heavy atom. The van der Waals surface area contributed by atoms with Crippen molar-refractivity contribution < 1.29 is 9.13 Å². The Morgan fingerprint density at radius 3 is 2.61 bits per heavy atom. The van der Waals surface area contributed by atoms with Crippen molar-refractivity contribution in [1.29, 1.82) is 0 Å². The first-order valence-electron chi connectivity index (χ1n) is 8.84. The lowest BCUT2D eigenvalue weighted by Crippen LogP contribution is -2.20. The van der Waals surface area contributed by atoms with Gasteiger partial charge in [0.15, 0.2) is 11.0 Å². The minimum atomic E-state index is -0.268. The second-order valence-corrected chi connectivity index (χ2v) is 8.42. The summed E-state index contributed by atoms with van der Waals surface area (Å²) in [5.74, 6) is 2.07. The van der Waals surface area contributed by atoms with Gasteiger partial charge in [0.05, 0.1) is 12.6 Å². The van der Waals surface area contributed by atoms with E-state index in [9.17, 15) is 4.39 Å². The molecule has 2 aromatic carbocycles. The minimum absolute atomic E-state index is 0.0600. The molecule has 0 aliphatic heterocycles. The fourth-order valence-electron chi connectivity index (χ4n) is 2.56. The monoisotopic (exact) mass is 464 g/mol. The Labute approximate surface area is 177 Å². The number of aromatic nitrogens is 3. The SMILES string of the molecule is C[C@@H](c1nnc(SCCOc2cccc(Br)c2)n1-c1ccc(F)cc1)N(C)C. The van der Waals surface area contributed by atoms with Gasteiger partial charge in [-0.25, -0.2) is 4.39 Å². The van der Waals surface area contributed by atoms with Crippen LogP contribution in [-0.2, 0) is 0 Å². The van der Waals surface area contributed by atoms with Gasteiger partial charge < -0.3 is 4.74 Å². The number of rotatable bonds is 8. The summed E-state index contributed by atoms with van der Waals surface area (Å²) >= 11 is 5.00. The molecule has 5 nitrogen and oxygen atoms in total. The standard InChI is InChI=1S/C20H22BrFN4OS/c1-14(25(2)3)19-23-24-20(26(19)17-9-7-16(22)8-10-17)28-12-11-27-18-6-4-5-15(21)13-18/h4-10,13-14H,11-12H2,1-3H3/t14-/m0/s1. The molecule has 0 radical (unpaired) electrons. The second-order valence-electron chi connectivity index (χ2n) is 6.45. The van der Waals surface area contributed by atoms with E-state index in [-0.39, 0.29) is 11.9 Å². The van der Waals surface area contributed by atoms with E-state index in [1.165, 1.54) is 12.1 Å². The van der Waals surface area contributed by atoms with Gasteiger partial charge in [-0.1, -0.05) is 33.8 Å². The van der Waals surface area contributed by atoms with Crippen LogP contribution in [0.25, 0.3) is 5.69 Å². The van der Waals surface area contributed by atoms with Crippen molar-refractivity contribution in [3.8, 4) is 11.4 Å². The molecule has 0 fully saturated rings. The summed E-state index contributed by atoms with van der Waals surface area (Å²) < 4.78 is 22.1. The molecule has 0 N–H and O–H groups in total. The summed E-state index contributed by atoms with van der Waals surface area (Å²) in [4.78, 5) is 2.06. The molecule has 148 valence electrons. The van der Waals surface area contributed by atoms with Crippen molar-refractivity contribution in [2.75, 3.05) is 26.5 Å². The van der Waals surface area contributed by atoms with Gasteiger partial charge in [-0.2, -0.15) is 0 Å². The van der Waals surface area contributed by atoms with Gasteiger partial charge in [-0.05, 0) is 63.5 Å². The Hall–Kier alpha value is -1.90. The van der Waals surface area contributed by atoms with E-state index in [0.29, 0.717) is 12.4 Å². The molecule has 0 aliphatic carbocycles. The second kappa shape index (κ2) is 9.54. The Morgan fingerprint density at radius 2 is 1.93 bits per heavy atom. The van der Waals surface area contributed by atoms with E-state index < -0.39 is 0 Å². The van der Waals surface area contributed by atoms with Crippen LogP contribution in [-0.4, -0.2) is 46.1 Å². The van der Waals surface area contributed by atoms with Crippen molar-refractivity contribution in [3.05, 3.63) is 64.6 Å². The zero-order valence-corrected chi connectivity index (χ0v) is 18.4. The van der Waals surface area contributed by atoms with Gasteiger partial charge in [-0.15, -0.1) is 10.2 Å². The molecule has 3 aromatic rings. The van der Waals surface area contributed by atoms with E-state index in [0.717, 1.165) is 26.9 Å². The lowest BCUT2D eigenvalue weighted by molar-refractivity contribution is 0.305. The third kappa shape index (κ3) is 5.12. The summed E-state index contributed by atoms with van der Waals surface area (Å²) in [7, 11) is 3.99. The summed E-state index contributed by atoms with van der Waals surface area (Å²) in [6.07, 6.45) is 0. The van der Waals surface area contributed by atoms with Crippen LogP contribution in [0.4, 0.5) is 4.39 Å². The molecular weight excluding hydrogens is 443 g/mol. The number of halogens is 2. The number of nitrogens with zero attached hydrogens (tertiary/aromatic N) is 4. The Balaban J connectivity index is 1.75. The molecule has 8 heteroatoms. The minimum Gasteiger partial charge on any atom is -0.493 e. The molecule has 0 bridgehead atoms. The zero-order chi connectivity index (χ0) is 20.1. The number of hydrogen-bond acceptors (Lipinski definition) is 5. The van der Waals surface area contributed by atoms with Crippen LogP contribution in [0.5, 0.6) is 5.75 Å². The molecule has 28 heavy (non-hydrogen) atoms. The Kier molecular flexibility index (Phi) is 7.09. The van der Waals surface area contributed by atoms with E-state index >= 15 is 0 Å². The van der Waals surface area contributed by atoms with Crippen LogP contribution in [0.15, 0.2) is 58.2 Å². The molecule has 0 saturated carbocycles. The van der Waals surface area contributed by atoms with Crippen LogP contribution in [0.2, 0.25) is 0 Å². The predicted octanol–water partition coefficient (Wildman–Crippen LogP) is 4.96. The van der Waals surface area contributed by atoms with Gasteiger partial charge >= 0.3 is 0 Å². The summed E-state index contributed by atoms with van der Waals surface area (Å²) in [6.45, 7) is 2.60. The van der Waals surface area contributed by atoms with Crippen molar-refractivity contribution in [3.63, 3.8) is 0 Å². The summed E-state index contributed by atoms with van der Waals surface area (Å²) in [6, 6.07) is 14.2. The highest BCUT2D eigenvalue weighted by molar-refractivity contribution is 9.10. The maximum absolute atomic E-state index is 13.4. The zero-order valence-electron chi connectivity index (χ0n) is 16.0. The lowest BCUT2D eigenvalue weighted by atomic mass is 10.2. The van der Waals surface area contributed by atoms with E-state index in [2.05, 4.69) is 38.0 Å². The number of benzene rings is 2. The number of thioether (sulfide) groups is 1. The van der Waals surface area contributed by atoms with Crippen molar-refractivity contribution in [1.82, 2.24) is 19.7 Å². The topological polar surface area (TPSA) is 43.2 Å². The molecule has 3 rings (SSSR count). The molecular formula is C20H22BrFN4OS. The van der Waals surface area contributed by atoms with E-state index in [4.69, 9.17) is 4.74 Å². The molecule has 0 amide bonds. The molecule has 1 aromatic heterocycles. The normalized spacial score (nSPS) is 12.4. The highest BCUT2D eigenvalue weighted by atomic mass is 79.9. The lowest BCUT2D eigenvalue weighted by Gasteiger charge is -2.20. The number of ether oxygens (including phenoxy) is 1. The first kappa shape index (κ1) is 20.8. The smallest absolute Gasteiger partial charge is 0.196 e. The summed E-state index contributed by atoms with van der Waals surface area (Å²) in [5, 5.41) is 9.52. The maximum atomic E-state index is 13.4. The maximum Gasteiger partial charge on any atom is 0.196 e. The van der Waals surface area contributed by atoms with E-state index in [1.54, 1.807) is 23.9 Å². The van der Waals surface area contributed by atoms with Gasteiger partial charge in [0.25, 0.3) is 0 Å². The fraction of sp³-hybridized carbons (Fsp3) is 0.300. The predicted molar refractivity (Wildman–Crippen MR) is 114 cm³/mol. The quantitative estimate of drug-likeness (QED) is 0.348. The largest absolute Gasteiger partial charge is 0.493 e. The first-order valence-corrected chi connectivity index (χ1v) is 10.6. The molecule has 0 unspecified atom stereocenters. The van der Waals surface area contributed by atoms with Gasteiger partial charge in [0, 0.05) is 15.9 Å². The molecule has 1 heterocycles. The third-order valence-corrected chi connectivity index (χ3v) is 5.66. The van der Waals surface area contributed by atoms with Gasteiger partial charge in [-0.3, -0.25) is 9.47 Å². The average Bonchev–Trinajstić information content (AvgIpc) is 3.09. The van der Waals surface area contributed by atoms with Gasteiger partial charge in [0.1, 0.15) is 11.6 Å². The van der Waals surface area contributed by atoms with Crippen LogP contribution < -0.4 is 4.74 Å². The van der Waals surface area contributed by atoms with Crippen molar-refractivity contribution in [2.45, 2.75) is 18.1 Å². The average molecular weight is 465 g/mol. The molecule has 1 atom stereocenters. The third-order valence-electron chi connectivity index (χ3n) is 4.27.